The van der Waals surface area contributed by atoms with Crippen molar-refractivity contribution < 1.29 is 9.13 Å². The molecule has 0 aromatic heterocycles. The number of aryl methyl sites for hydroxylation is 1. The van der Waals surface area contributed by atoms with Crippen LogP contribution in [0.1, 0.15) is 22.7 Å². The summed E-state index contributed by atoms with van der Waals surface area (Å²) in [5.41, 5.74) is 8.53. The highest BCUT2D eigenvalue weighted by Crippen LogP contribution is 2.27. The first-order valence-corrected chi connectivity index (χ1v) is 5.78. The van der Waals surface area contributed by atoms with Gasteiger partial charge in [0, 0.05) is 5.56 Å². The van der Waals surface area contributed by atoms with Gasteiger partial charge in [-0.3, -0.25) is 0 Å². The second-order valence-corrected chi connectivity index (χ2v) is 4.22. The molecule has 0 amide bonds. The van der Waals surface area contributed by atoms with Crippen molar-refractivity contribution in [2.24, 2.45) is 5.73 Å². The lowest BCUT2D eigenvalue weighted by atomic mass is 9.95. The molecule has 94 valence electrons. The van der Waals surface area contributed by atoms with Crippen molar-refractivity contribution in [1.82, 2.24) is 0 Å². The summed E-state index contributed by atoms with van der Waals surface area (Å²) >= 11 is 0. The molecule has 2 aromatic rings. The first-order chi connectivity index (χ1) is 8.63. The summed E-state index contributed by atoms with van der Waals surface area (Å²) in [5.74, 6) is 0.497. The first-order valence-electron chi connectivity index (χ1n) is 5.78. The Labute approximate surface area is 106 Å². The minimum absolute atomic E-state index is 0.278. The maximum atomic E-state index is 13.7. The van der Waals surface area contributed by atoms with Gasteiger partial charge in [-0.25, -0.2) is 4.39 Å². The molecule has 1 unspecified atom stereocenters. The van der Waals surface area contributed by atoms with E-state index in [-0.39, 0.29) is 5.82 Å². The molecule has 2 aromatic carbocycles. The minimum Gasteiger partial charge on any atom is -0.497 e. The lowest BCUT2D eigenvalue weighted by molar-refractivity contribution is 0.414. The van der Waals surface area contributed by atoms with Gasteiger partial charge in [-0.1, -0.05) is 24.3 Å². The van der Waals surface area contributed by atoms with Gasteiger partial charge < -0.3 is 10.5 Å². The zero-order valence-electron chi connectivity index (χ0n) is 10.5. The Morgan fingerprint density at radius 1 is 1.11 bits per heavy atom. The number of hydrogen-bond acceptors (Lipinski definition) is 2. The predicted octanol–water partition coefficient (Wildman–Crippen LogP) is 3.19. The summed E-state index contributed by atoms with van der Waals surface area (Å²) in [4.78, 5) is 0. The molecule has 0 aliphatic rings. The standard InChI is InChI=1S/C15H16FNO/c1-10-9-11(18-2)7-8-12(10)15(17)13-5-3-4-6-14(13)16/h3-9,15H,17H2,1-2H3. The zero-order valence-corrected chi connectivity index (χ0v) is 10.5. The van der Waals surface area contributed by atoms with Gasteiger partial charge in [0.1, 0.15) is 11.6 Å². The Hall–Kier alpha value is -1.87. The Bertz CT molecular complexity index is 554. The van der Waals surface area contributed by atoms with Crippen molar-refractivity contribution >= 4 is 0 Å². The van der Waals surface area contributed by atoms with E-state index in [2.05, 4.69) is 0 Å². The van der Waals surface area contributed by atoms with Crippen LogP contribution < -0.4 is 10.5 Å². The topological polar surface area (TPSA) is 35.2 Å². The summed E-state index contributed by atoms with van der Waals surface area (Å²) < 4.78 is 18.8. The van der Waals surface area contributed by atoms with Crippen molar-refractivity contribution in [3.8, 4) is 5.75 Å². The van der Waals surface area contributed by atoms with Gasteiger partial charge in [-0.15, -0.1) is 0 Å². The van der Waals surface area contributed by atoms with Gasteiger partial charge in [-0.05, 0) is 36.2 Å². The molecule has 0 aliphatic heterocycles. The van der Waals surface area contributed by atoms with Crippen LogP contribution in [0.15, 0.2) is 42.5 Å². The molecule has 3 heteroatoms. The first kappa shape index (κ1) is 12.6. The monoisotopic (exact) mass is 245 g/mol. The van der Waals surface area contributed by atoms with Crippen LogP contribution >= 0.6 is 0 Å². The molecule has 0 aliphatic carbocycles. The SMILES string of the molecule is COc1ccc(C(N)c2ccccc2F)c(C)c1. The van der Waals surface area contributed by atoms with Gasteiger partial charge in [0.25, 0.3) is 0 Å². The average molecular weight is 245 g/mol. The van der Waals surface area contributed by atoms with Crippen LogP contribution in [0.4, 0.5) is 4.39 Å². The van der Waals surface area contributed by atoms with Crippen LogP contribution in [0.2, 0.25) is 0 Å². The zero-order chi connectivity index (χ0) is 13.1. The number of methoxy groups -OCH3 is 1. The summed E-state index contributed by atoms with van der Waals surface area (Å²) in [6, 6.07) is 11.7. The molecule has 0 bridgehead atoms. The van der Waals surface area contributed by atoms with Crippen LogP contribution in [-0.2, 0) is 0 Å². The molecule has 18 heavy (non-hydrogen) atoms. The predicted molar refractivity (Wildman–Crippen MR) is 70.2 cm³/mol. The fourth-order valence-corrected chi connectivity index (χ4v) is 2.02. The number of benzene rings is 2. The second-order valence-electron chi connectivity index (χ2n) is 4.22. The molecule has 0 radical (unpaired) electrons. The highest BCUT2D eigenvalue weighted by molar-refractivity contribution is 5.41. The Kier molecular flexibility index (Phi) is 3.63. The summed E-state index contributed by atoms with van der Waals surface area (Å²) in [7, 11) is 1.62. The quantitative estimate of drug-likeness (QED) is 0.901. The molecule has 2 N–H and O–H groups in total. The smallest absolute Gasteiger partial charge is 0.128 e. The maximum absolute atomic E-state index is 13.7. The van der Waals surface area contributed by atoms with Crippen molar-refractivity contribution in [3.05, 3.63) is 65.0 Å². The van der Waals surface area contributed by atoms with E-state index >= 15 is 0 Å². The van der Waals surface area contributed by atoms with E-state index in [9.17, 15) is 4.39 Å². The highest BCUT2D eigenvalue weighted by Gasteiger charge is 2.15. The minimum atomic E-state index is -0.461. The third kappa shape index (κ3) is 2.36. The molecule has 0 heterocycles. The van der Waals surface area contributed by atoms with Crippen molar-refractivity contribution in [3.63, 3.8) is 0 Å². The molecule has 0 fully saturated rings. The summed E-state index contributed by atoms with van der Waals surface area (Å²) in [5, 5.41) is 0. The number of nitrogens with two attached hydrogens (primary N) is 1. The van der Waals surface area contributed by atoms with Gasteiger partial charge in [-0.2, -0.15) is 0 Å². The lowest BCUT2D eigenvalue weighted by Gasteiger charge is -2.16. The van der Waals surface area contributed by atoms with Crippen molar-refractivity contribution in [2.45, 2.75) is 13.0 Å². The molecule has 2 rings (SSSR count). The van der Waals surface area contributed by atoms with Crippen LogP contribution in [0.25, 0.3) is 0 Å². The largest absolute Gasteiger partial charge is 0.497 e. The van der Waals surface area contributed by atoms with Crippen molar-refractivity contribution in [2.75, 3.05) is 7.11 Å². The van der Waals surface area contributed by atoms with E-state index < -0.39 is 6.04 Å². The normalized spacial score (nSPS) is 12.2. The van der Waals surface area contributed by atoms with E-state index in [1.54, 1.807) is 25.3 Å². The fraction of sp³-hybridized carbons (Fsp3) is 0.200. The third-order valence-electron chi connectivity index (χ3n) is 3.05. The van der Waals surface area contributed by atoms with Gasteiger partial charge in [0.2, 0.25) is 0 Å². The van der Waals surface area contributed by atoms with Crippen molar-refractivity contribution in [1.29, 1.82) is 0 Å². The Balaban J connectivity index is 2.40. The molecule has 0 saturated heterocycles. The highest BCUT2D eigenvalue weighted by atomic mass is 19.1. The second kappa shape index (κ2) is 5.19. The Morgan fingerprint density at radius 2 is 1.83 bits per heavy atom. The van der Waals surface area contributed by atoms with Gasteiger partial charge in [0.05, 0.1) is 13.2 Å². The lowest BCUT2D eigenvalue weighted by Crippen LogP contribution is -2.14. The van der Waals surface area contributed by atoms with Crippen LogP contribution in [0.5, 0.6) is 5.75 Å². The molecule has 0 saturated carbocycles. The third-order valence-corrected chi connectivity index (χ3v) is 3.05. The van der Waals surface area contributed by atoms with Gasteiger partial charge >= 0.3 is 0 Å². The van der Waals surface area contributed by atoms with Crippen LogP contribution in [0.3, 0.4) is 0 Å². The molecular formula is C15H16FNO. The number of ether oxygens (including phenoxy) is 1. The maximum Gasteiger partial charge on any atom is 0.128 e. The summed E-state index contributed by atoms with van der Waals surface area (Å²) in [6.45, 7) is 1.94. The molecule has 1 atom stereocenters. The van der Waals surface area contributed by atoms with Crippen LogP contribution in [0, 0.1) is 12.7 Å². The Morgan fingerprint density at radius 3 is 2.44 bits per heavy atom. The fourth-order valence-electron chi connectivity index (χ4n) is 2.02. The van der Waals surface area contributed by atoms with E-state index in [0.29, 0.717) is 5.56 Å². The molecule has 2 nitrogen and oxygen atoms in total. The van der Waals surface area contributed by atoms with E-state index in [1.165, 1.54) is 6.07 Å². The average Bonchev–Trinajstić information content (AvgIpc) is 2.38. The number of halogens is 1. The molecular weight excluding hydrogens is 229 g/mol. The van der Waals surface area contributed by atoms with E-state index in [0.717, 1.165) is 16.9 Å². The van der Waals surface area contributed by atoms with E-state index in [4.69, 9.17) is 10.5 Å². The summed E-state index contributed by atoms with van der Waals surface area (Å²) in [6.07, 6.45) is 0. The number of hydrogen-bond donors (Lipinski definition) is 1. The van der Waals surface area contributed by atoms with Crippen LogP contribution in [-0.4, -0.2) is 7.11 Å². The van der Waals surface area contributed by atoms with Gasteiger partial charge in [0.15, 0.2) is 0 Å². The number of rotatable bonds is 3. The van der Waals surface area contributed by atoms with E-state index in [1.807, 2.05) is 25.1 Å². The molecule has 0 spiro atoms.